The molecule has 0 saturated heterocycles. The number of Topliss-reactive ketones (excluding diaryl/α,β-unsaturated/α-hetero) is 1. The van der Waals surface area contributed by atoms with Crippen LogP contribution in [0.5, 0.6) is 5.75 Å². The number of carbonyl (C=O) groups is 1. The third kappa shape index (κ3) is 2.36. The lowest BCUT2D eigenvalue weighted by Gasteiger charge is -2.10. The van der Waals surface area contributed by atoms with Crippen molar-refractivity contribution in [3.8, 4) is 5.75 Å². The first-order valence-corrected chi connectivity index (χ1v) is 6.17. The van der Waals surface area contributed by atoms with Crippen LogP contribution in [-0.2, 0) is 0 Å². The Morgan fingerprint density at radius 2 is 2.06 bits per heavy atom. The lowest BCUT2D eigenvalue weighted by atomic mass is 9.97. The van der Waals surface area contributed by atoms with Crippen LogP contribution in [0.3, 0.4) is 0 Å². The lowest BCUT2D eigenvalue weighted by molar-refractivity contribution is 0.0967. The number of thiophene rings is 1. The number of ether oxygens (including phenoxy) is 1. The Labute approximate surface area is 104 Å². The first-order chi connectivity index (χ1) is 8.24. The predicted molar refractivity (Wildman–Crippen MR) is 67.9 cm³/mol. The quantitative estimate of drug-likeness (QED) is 0.779. The molecule has 17 heavy (non-hydrogen) atoms. The van der Waals surface area contributed by atoms with Crippen LogP contribution in [0.2, 0.25) is 0 Å². The van der Waals surface area contributed by atoms with Crippen LogP contribution in [0.25, 0.3) is 0 Å². The van der Waals surface area contributed by atoms with Crippen LogP contribution in [0.15, 0.2) is 36.0 Å². The third-order valence-corrected chi connectivity index (χ3v) is 3.58. The van der Waals surface area contributed by atoms with Gasteiger partial charge >= 0.3 is 0 Å². The number of rotatable bonds is 4. The molecule has 0 radical (unpaired) electrons. The first-order valence-electron chi connectivity index (χ1n) is 5.29. The highest BCUT2D eigenvalue weighted by molar-refractivity contribution is 7.12. The second kappa shape index (κ2) is 5.10. The third-order valence-electron chi connectivity index (χ3n) is 2.67. The molecule has 0 aliphatic heterocycles. The lowest BCUT2D eigenvalue weighted by Crippen LogP contribution is -2.09. The largest absolute Gasteiger partial charge is 0.495 e. The van der Waals surface area contributed by atoms with E-state index >= 15 is 0 Å². The zero-order valence-corrected chi connectivity index (χ0v) is 10.5. The molecule has 1 atom stereocenters. The van der Waals surface area contributed by atoms with E-state index in [2.05, 4.69) is 4.98 Å². The summed E-state index contributed by atoms with van der Waals surface area (Å²) >= 11 is 1.42. The number of aromatic nitrogens is 1. The Kier molecular flexibility index (Phi) is 3.54. The zero-order valence-electron chi connectivity index (χ0n) is 9.71. The number of hydrogen-bond acceptors (Lipinski definition) is 4. The topological polar surface area (TPSA) is 39.2 Å². The van der Waals surface area contributed by atoms with E-state index < -0.39 is 0 Å². The van der Waals surface area contributed by atoms with Gasteiger partial charge in [-0.1, -0.05) is 6.92 Å². The summed E-state index contributed by atoms with van der Waals surface area (Å²) in [7, 11) is 1.58. The van der Waals surface area contributed by atoms with E-state index in [9.17, 15) is 4.79 Å². The van der Waals surface area contributed by atoms with E-state index in [1.165, 1.54) is 11.3 Å². The van der Waals surface area contributed by atoms with Crippen molar-refractivity contribution in [3.63, 3.8) is 0 Å². The van der Waals surface area contributed by atoms with Gasteiger partial charge in [-0.25, -0.2) is 0 Å². The summed E-state index contributed by atoms with van der Waals surface area (Å²) in [6.07, 6.45) is 3.40. The second-order valence-corrected chi connectivity index (χ2v) is 4.60. The van der Waals surface area contributed by atoms with E-state index in [0.29, 0.717) is 10.6 Å². The Hall–Kier alpha value is -1.68. The van der Waals surface area contributed by atoms with Crippen LogP contribution in [0.4, 0.5) is 0 Å². The van der Waals surface area contributed by atoms with Crippen LogP contribution < -0.4 is 4.74 Å². The molecule has 88 valence electrons. The van der Waals surface area contributed by atoms with Crippen LogP contribution in [-0.4, -0.2) is 17.9 Å². The average molecular weight is 247 g/mol. The maximum absolute atomic E-state index is 12.3. The van der Waals surface area contributed by atoms with E-state index in [0.717, 1.165) is 5.56 Å². The summed E-state index contributed by atoms with van der Waals surface area (Å²) in [5.41, 5.74) is 0.973. The van der Waals surface area contributed by atoms with Crippen LogP contribution in [0, 0.1) is 0 Å². The number of methoxy groups -OCH3 is 1. The van der Waals surface area contributed by atoms with Gasteiger partial charge in [0.1, 0.15) is 10.6 Å². The van der Waals surface area contributed by atoms with Gasteiger partial charge in [-0.15, -0.1) is 11.3 Å². The summed E-state index contributed by atoms with van der Waals surface area (Å²) in [5, 5.41) is 1.87. The average Bonchev–Trinajstić information content (AvgIpc) is 2.86. The van der Waals surface area contributed by atoms with Gasteiger partial charge in [0.15, 0.2) is 5.78 Å². The fourth-order valence-corrected chi connectivity index (χ4v) is 2.53. The fraction of sp³-hybridized carbons (Fsp3) is 0.231. The number of carbonyl (C=O) groups excluding carboxylic acids is 1. The molecule has 0 amide bonds. The number of hydrogen-bond donors (Lipinski definition) is 0. The highest BCUT2D eigenvalue weighted by Crippen LogP contribution is 2.30. The summed E-state index contributed by atoms with van der Waals surface area (Å²) in [4.78, 5) is 16.9. The molecule has 0 bridgehead atoms. The molecule has 0 aromatic carbocycles. The molecule has 4 heteroatoms. The number of ketones is 1. The number of pyridine rings is 1. The van der Waals surface area contributed by atoms with Crippen LogP contribution in [0.1, 0.15) is 28.1 Å². The van der Waals surface area contributed by atoms with Crippen molar-refractivity contribution in [1.82, 2.24) is 4.98 Å². The highest BCUT2D eigenvalue weighted by Gasteiger charge is 2.21. The van der Waals surface area contributed by atoms with Gasteiger partial charge in [0.25, 0.3) is 0 Å². The molecule has 0 N–H and O–H groups in total. The molecule has 0 spiro atoms. The van der Waals surface area contributed by atoms with Gasteiger partial charge in [0.05, 0.1) is 7.11 Å². The highest BCUT2D eigenvalue weighted by atomic mass is 32.1. The van der Waals surface area contributed by atoms with E-state index in [1.807, 2.05) is 30.5 Å². The van der Waals surface area contributed by atoms with E-state index in [1.54, 1.807) is 19.5 Å². The molecule has 1 unspecified atom stereocenters. The molecular weight excluding hydrogens is 234 g/mol. The normalized spacial score (nSPS) is 12.1. The second-order valence-electron chi connectivity index (χ2n) is 3.68. The zero-order chi connectivity index (χ0) is 12.3. The van der Waals surface area contributed by atoms with Crippen molar-refractivity contribution in [2.75, 3.05) is 7.11 Å². The van der Waals surface area contributed by atoms with Crippen molar-refractivity contribution >= 4 is 17.1 Å². The van der Waals surface area contributed by atoms with Gasteiger partial charge in [-0.3, -0.25) is 9.78 Å². The molecule has 3 nitrogen and oxygen atoms in total. The van der Waals surface area contributed by atoms with Gasteiger partial charge < -0.3 is 4.74 Å². The molecule has 2 aromatic rings. The Balaban J connectivity index is 2.27. The Morgan fingerprint density at radius 1 is 1.35 bits per heavy atom. The summed E-state index contributed by atoms with van der Waals surface area (Å²) in [6, 6.07) is 5.54. The van der Waals surface area contributed by atoms with Crippen LogP contribution >= 0.6 is 11.3 Å². The minimum absolute atomic E-state index is 0.0862. The molecule has 2 heterocycles. The minimum atomic E-state index is -0.175. The fourth-order valence-electron chi connectivity index (χ4n) is 1.64. The van der Waals surface area contributed by atoms with Crippen molar-refractivity contribution in [2.24, 2.45) is 0 Å². The van der Waals surface area contributed by atoms with Crippen molar-refractivity contribution in [3.05, 3.63) is 46.4 Å². The molecule has 0 saturated carbocycles. The number of nitrogens with zero attached hydrogens (tertiary/aromatic N) is 1. The molecule has 2 aromatic heterocycles. The molecule has 2 rings (SSSR count). The van der Waals surface area contributed by atoms with Gasteiger partial charge in [0.2, 0.25) is 0 Å². The smallest absolute Gasteiger partial charge is 0.183 e. The Bertz CT molecular complexity index is 507. The van der Waals surface area contributed by atoms with Gasteiger partial charge in [-0.2, -0.15) is 0 Å². The standard InChI is InChI=1S/C13H13NO2S/c1-9(10-3-6-14-7-4-10)12(15)13-11(16-2)5-8-17-13/h3-9H,1-2H3. The van der Waals surface area contributed by atoms with Crippen molar-refractivity contribution in [2.45, 2.75) is 12.8 Å². The van der Waals surface area contributed by atoms with Gasteiger partial charge in [-0.05, 0) is 29.1 Å². The molecule has 0 aliphatic carbocycles. The van der Waals surface area contributed by atoms with Crippen molar-refractivity contribution < 1.29 is 9.53 Å². The summed E-state index contributed by atoms with van der Waals surface area (Å²) in [6.45, 7) is 1.90. The van der Waals surface area contributed by atoms with Crippen molar-refractivity contribution in [1.29, 1.82) is 0 Å². The predicted octanol–water partition coefficient (Wildman–Crippen LogP) is 3.14. The maximum atomic E-state index is 12.3. The Morgan fingerprint density at radius 3 is 2.71 bits per heavy atom. The SMILES string of the molecule is COc1ccsc1C(=O)C(C)c1ccncc1. The maximum Gasteiger partial charge on any atom is 0.183 e. The van der Waals surface area contributed by atoms with Gasteiger partial charge in [0, 0.05) is 18.3 Å². The first kappa shape index (κ1) is 11.8. The molecule has 0 aliphatic rings. The monoisotopic (exact) mass is 247 g/mol. The molecular formula is C13H13NO2S. The summed E-state index contributed by atoms with van der Waals surface area (Å²) < 4.78 is 5.17. The molecule has 0 fully saturated rings. The van der Waals surface area contributed by atoms with E-state index in [-0.39, 0.29) is 11.7 Å². The minimum Gasteiger partial charge on any atom is -0.495 e. The van der Waals surface area contributed by atoms with E-state index in [4.69, 9.17) is 4.74 Å². The summed E-state index contributed by atoms with van der Waals surface area (Å²) in [5.74, 6) is 0.564.